The molecule has 0 aromatic carbocycles. The molecule has 17 heavy (non-hydrogen) atoms. The van der Waals surface area contributed by atoms with Gasteiger partial charge in [-0.25, -0.2) is 4.98 Å². The van der Waals surface area contributed by atoms with Gasteiger partial charge in [0.2, 0.25) is 0 Å². The number of hydrogen-bond acceptors (Lipinski definition) is 3. The van der Waals surface area contributed by atoms with Gasteiger partial charge in [-0.1, -0.05) is 18.5 Å². The van der Waals surface area contributed by atoms with Gasteiger partial charge in [-0.05, 0) is 37.7 Å². The standard InChI is InChI=1S/C13H18ClN3/c1-9-2-4-13(5-3-9)8-16-11-6-10(14)7-15-12(11)17-13/h6-7,9,16H,2-5,8H2,1H3,(H,15,17). The number of fused-ring (bicyclic) bond motifs is 1. The van der Waals surface area contributed by atoms with Crippen molar-refractivity contribution in [2.24, 2.45) is 5.92 Å². The highest BCUT2D eigenvalue weighted by atomic mass is 35.5. The van der Waals surface area contributed by atoms with Crippen molar-refractivity contribution >= 4 is 23.1 Å². The average molecular weight is 252 g/mol. The van der Waals surface area contributed by atoms with Crippen LogP contribution in [0.4, 0.5) is 11.5 Å². The minimum atomic E-state index is 0.209. The molecular formula is C13H18ClN3. The zero-order valence-corrected chi connectivity index (χ0v) is 10.8. The smallest absolute Gasteiger partial charge is 0.149 e. The lowest BCUT2D eigenvalue weighted by atomic mass is 9.76. The summed E-state index contributed by atoms with van der Waals surface area (Å²) in [6.07, 6.45) is 6.77. The summed E-state index contributed by atoms with van der Waals surface area (Å²) in [6, 6.07) is 1.94. The summed E-state index contributed by atoms with van der Waals surface area (Å²) >= 11 is 5.94. The van der Waals surface area contributed by atoms with Crippen LogP contribution in [0.5, 0.6) is 0 Å². The molecule has 3 nitrogen and oxygen atoms in total. The molecule has 0 atom stereocenters. The van der Waals surface area contributed by atoms with E-state index in [4.69, 9.17) is 11.6 Å². The Balaban J connectivity index is 1.83. The topological polar surface area (TPSA) is 37.0 Å². The molecule has 2 aliphatic rings. The summed E-state index contributed by atoms with van der Waals surface area (Å²) < 4.78 is 0. The van der Waals surface area contributed by atoms with Crippen LogP contribution in [0, 0.1) is 5.92 Å². The van der Waals surface area contributed by atoms with E-state index in [-0.39, 0.29) is 5.54 Å². The molecule has 2 N–H and O–H groups in total. The summed E-state index contributed by atoms with van der Waals surface area (Å²) in [5.74, 6) is 1.82. The molecule has 0 bridgehead atoms. The molecule has 0 unspecified atom stereocenters. The van der Waals surface area contributed by atoms with E-state index in [2.05, 4.69) is 22.5 Å². The highest BCUT2D eigenvalue weighted by molar-refractivity contribution is 6.30. The highest BCUT2D eigenvalue weighted by Gasteiger charge is 2.37. The Kier molecular flexibility index (Phi) is 2.66. The number of nitrogens with one attached hydrogen (secondary N) is 2. The normalized spacial score (nSPS) is 31.5. The second-order valence-electron chi connectivity index (χ2n) is 5.49. The molecule has 0 amide bonds. The van der Waals surface area contributed by atoms with Gasteiger partial charge in [-0.15, -0.1) is 0 Å². The number of rotatable bonds is 0. The van der Waals surface area contributed by atoms with Gasteiger partial charge in [0.25, 0.3) is 0 Å². The molecule has 1 fully saturated rings. The van der Waals surface area contributed by atoms with Crippen molar-refractivity contribution in [2.75, 3.05) is 17.2 Å². The SMILES string of the molecule is CC1CCC2(CC1)CNc1cc(Cl)cnc1N2. The molecule has 1 aromatic heterocycles. The van der Waals surface area contributed by atoms with Gasteiger partial charge in [-0.3, -0.25) is 0 Å². The molecule has 1 saturated carbocycles. The zero-order valence-electron chi connectivity index (χ0n) is 10.1. The van der Waals surface area contributed by atoms with Crippen molar-refractivity contribution in [3.05, 3.63) is 17.3 Å². The van der Waals surface area contributed by atoms with Crippen molar-refractivity contribution < 1.29 is 0 Å². The Hall–Kier alpha value is -0.960. The molecule has 2 heterocycles. The number of halogens is 1. The first-order chi connectivity index (χ1) is 8.17. The molecule has 3 rings (SSSR count). The first-order valence-corrected chi connectivity index (χ1v) is 6.72. The van der Waals surface area contributed by atoms with E-state index < -0.39 is 0 Å². The van der Waals surface area contributed by atoms with Crippen molar-refractivity contribution in [2.45, 2.75) is 38.1 Å². The molecule has 1 spiro atoms. The zero-order chi connectivity index (χ0) is 11.9. The fourth-order valence-electron chi connectivity index (χ4n) is 2.85. The van der Waals surface area contributed by atoms with Crippen LogP contribution in [0.15, 0.2) is 12.3 Å². The van der Waals surface area contributed by atoms with E-state index in [1.54, 1.807) is 6.20 Å². The minimum absolute atomic E-state index is 0.209. The molecular weight excluding hydrogens is 234 g/mol. The van der Waals surface area contributed by atoms with E-state index in [0.717, 1.165) is 24.0 Å². The van der Waals surface area contributed by atoms with E-state index in [1.165, 1.54) is 25.7 Å². The first kappa shape index (κ1) is 11.1. The average Bonchev–Trinajstić information content (AvgIpc) is 2.34. The van der Waals surface area contributed by atoms with Crippen LogP contribution in [0.2, 0.25) is 5.02 Å². The van der Waals surface area contributed by atoms with Crippen LogP contribution < -0.4 is 10.6 Å². The van der Waals surface area contributed by atoms with Gasteiger partial charge in [0.05, 0.1) is 16.2 Å². The summed E-state index contributed by atoms with van der Waals surface area (Å²) in [7, 11) is 0. The quantitative estimate of drug-likeness (QED) is 0.741. The van der Waals surface area contributed by atoms with E-state index >= 15 is 0 Å². The monoisotopic (exact) mass is 251 g/mol. The Labute approximate surface area is 107 Å². The van der Waals surface area contributed by atoms with Gasteiger partial charge in [0.15, 0.2) is 0 Å². The van der Waals surface area contributed by atoms with Crippen molar-refractivity contribution in [1.82, 2.24) is 4.98 Å². The van der Waals surface area contributed by atoms with Gasteiger partial charge in [0, 0.05) is 12.7 Å². The Morgan fingerprint density at radius 1 is 1.41 bits per heavy atom. The maximum atomic E-state index is 5.94. The fraction of sp³-hybridized carbons (Fsp3) is 0.615. The third-order valence-corrected chi connectivity index (χ3v) is 4.29. The van der Waals surface area contributed by atoms with Crippen LogP contribution in [-0.4, -0.2) is 17.1 Å². The predicted molar refractivity (Wildman–Crippen MR) is 71.7 cm³/mol. The van der Waals surface area contributed by atoms with E-state index in [9.17, 15) is 0 Å². The Morgan fingerprint density at radius 3 is 2.94 bits per heavy atom. The fourth-order valence-corrected chi connectivity index (χ4v) is 3.01. The van der Waals surface area contributed by atoms with Crippen LogP contribution in [0.25, 0.3) is 0 Å². The molecule has 1 aliphatic carbocycles. The first-order valence-electron chi connectivity index (χ1n) is 6.34. The lowest BCUT2D eigenvalue weighted by Gasteiger charge is -2.44. The molecule has 4 heteroatoms. The molecule has 0 radical (unpaired) electrons. The maximum absolute atomic E-state index is 5.94. The third-order valence-electron chi connectivity index (χ3n) is 4.09. The molecule has 1 aliphatic heterocycles. The second kappa shape index (κ2) is 4.05. The number of hydrogen-bond donors (Lipinski definition) is 2. The Bertz CT molecular complexity index is 425. The van der Waals surface area contributed by atoms with Crippen LogP contribution >= 0.6 is 11.6 Å². The predicted octanol–water partition coefficient (Wildman–Crippen LogP) is 3.52. The van der Waals surface area contributed by atoms with Crippen molar-refractivity contribution in [1.29, 1.82) is 0 Å². The van der Waals surface area contributed by atoms with Crippen LogP contribution in [-0.2, 0) is 0 Å². The molecule has 92 valence electrons. The summed E-state index contributed by atoms with van der Waals surface area (Å²) in [6.45, 7) is 3.32. The van der Waals surface area contributed by atoms with Gasteiger partial charge in [-0.2, -0.15) is 0 Å². The van der Waals surface area contributed by atoms with Gasteiger partial charge < -0.3 is 10.6 Å². The summed E-state index contributed by atoms with van der Waals surface area (Å²) in [4.78, 5) is 4.38. The largest absolute Gasteiger partial charge is 0.380 e. The lowest BCUT2D eigenvalue weighted by Crippen LogP contribution is -2.50. The van der Waals surface area contributed by atoms with Crippen LogP contribution in [0.1, 0.15) is 32.6 Å². The van der Waals surface area contributed by atoms with Crippen LogP contribution in [0.3, 0.4) is 0 Å². The second-order valence-corrected chi connectivity index (χ2v) is 5.93. The molecule has 1 aromatic rings. The van der Waals surface area contributed by atoms with Crippen molar-refractivity contribution in [3.63, 3.8) is 0 Å². The lowest BCUT2D eigenvalue weighted by molar-refractivity contribution is 0.273. The van der Waals surface area contributed by atoms with E-state index in [0.29, 0.717) is 5.02 Å². The number of anilines is 2. The highest BCUT2D eigenvalue weighted by Crippen LogP contribution is 2.39. The Morgan fingerprint density at radius 2 is 2.18 bits per heavy atom. The third kappa shape index (κ3) is 2.08. The number of aromatic nitrogens is 1. The van der Waals surface area contributed by atoms with Gasteiger partial charge in [0.1, 0.15) is 5.82 Å². The van der Waals surface area contributed by atoms with Crippen molar-refractivity contribution in [3.8, 4) is 0 Å². The molecule has 0 saturated heterocycles. The number of pyridine rings is 1. The van der Waals surface area contributed by atoms with E-state index in [1.807, 2.05) is 6.07 Å². The summed E-state index contributed by atoms with van der Waals surface area (Å²) in [5, 5.41) is 7.78. The number of nitrogens with zero attached hydrogens (tertiary/aromatic N) is 1. The summed E-state index contributed by atoms with van der Waals surface area (Å²) in [5.41, 5.74) is 1.24. The van der Waals surface area contributed by atoms with Gasteiger partial charge >= 0.3 is 0 Å². The minimum Gasteiger partial charge on any atom is -0.380 e. The maximum Gasteiger partial charge on any atom is 0.149 e.